The lowest BCUT2D eigenvalue weighted by Gasteiger charge is -2.22. The Hall–Kier alpha value is -1.72. The molecule has 3 N–H and O–H groups in total. The van der Waals surface area contributed by atoms with Crippen molar-refractivity contribution < 1.29 is 28.0 Å². The summed E-state index contributed by atoms with van der Waals surface area (Å²) < 4.78 is 31.6. The molecular formula is C13H19N3O6S. The zero-order chi connectivity index (χ0) is 17.0. The fraction of sp³-hybridized carbons (Fsp3) is 0.462. The summed E-state index contributed by atoms with van der Waals surface area (Å²) in [6.45, 7) is 0.0420. The van der Waals surface area contributed by atoms with E-state index in [1.54, 1.807) is 0 Å². The van der Waals surface area contributed by atoms with Crippen molar-refractivity contribution in [1.82, 2.24) is 15.3 Å². The highest BCUT2D eigenvalue weighted by Crippen LogP contribution is 2.27. The summed E-state index contributed by atoms with van der Waals surface area (Å²) in [7, 11) is -1.03. The Morgan fingerprint density at radius 2 is 1.96 bits per heavy atom. The van der Waals surface area contributed by atoms with E-state index in [-0.39, 0.29) is 23.9 Å². The number of hydroxylamine groups is 2. The summed E-state index contributed by atoms with van der Waals surface area (Å²) in [4.78, 5) is 16.6. The van der Waals surface area contributed by atoms with Crippen LogP contribution >= 0.6 is 0 Å². The van der Waals surface area contributed by atoms with Gasteiger partial charge in [0.2, 0.25) is 10.0 Å². The van der Waals surface area contributed by atoms with Crippen molar-refractivity contribution >= 4 is 15.9 Å². The van der Waals surface area contributed by atoms with Crippen LogP contribution in [0.1, 0.15) is 6.42 Å². The largest absolute Gasteiger partial charge is 0.497 e. The molecule has 1 aliphatic heterocycles. The second kappa shape index (κ2) is 7.23. The quantitative estimate of drug-likeness (QED) is 0.469. The molecule has 2 atom stereocenters. The first-order valence-electron chi connectivity index (χ1n) is 6.82. The molecule has 2 rings (SSSR count). The molecule has 1 aromatic rings. The van der Waals surface area contributed by atoms with Crippen molar-refractivity contribution in [2.75, 3.05) is 20.8 Å². The van der Waals surface area contributed by atoms with Gasteiger partial charge in [0.1, 0.15) is 11.8 Å². The first-order valence-corrected chi connectivity index (χ1v) is 8.26. The van der Waals surface area contributed by atoms with Gasteiger partial charge in [-0.3, -0.25) is 10.0 Å². The summed E-state index contributed by atoms with van der Waals surface area (Å²) in [6.07, 6.45) is 0.176. The molecule has 9 nitrogen and oxygen atoms in total. The van der Waals surface area contributed by atoms with E-state index in [0.717, 1.165) is 4.31 Å². The summed E-state index contributed by atoms with van der Waals surface area (Å²) in [6, 6.07) is 4.46. The van der Waals surface area contributed by atoms with E-state index in [9.17, 15) is 13.2 Å². The van der Waals surface area contributed by atoms with Crippen molar-refractivity contribution in [3.05, 3.63) is 24.3 Å². The number of carbonyl (C=O) groups is 1. The number of hydrogen-bond acceptors (Lipinski definition) is 7. The van der Waals surface area contributed by atoms with Crippen molar-refractivity contribution in [3.63, 3.8) is 0 Å². The van der Waals surface area contributed by atoms with Crippen LogP contribution in [0.3, 0.4) is 0 Å². The van der Waals surface area contributed by atoms with Gasteiger partial charge >= 0.3 is 0 Å². The van der Waals surface area contributed by atoms with Crippen molar-refractivity contribution in [1.29, 1.82) is 0 Å². The van der Waals surface area contributed by atoms with Crippen LogP contribution in [-0.4, -0.2) is 56.7 Å². The lowest BCUT2D eigenvalue weighted by atomic mass is 10.2. The highest BCUT2D eigenvalue weighted by Gasteiger charge is 2.44. The Morgan fingerprint density at radius 1 is 1.30 bits per heavy atom. The standard InChI is InChI=1S/C13H19N3O6S/c1-21-10-3-5-11(6-4-10)23(19,20)16-8-9(15-22-2)7-12(16)13(17)14-18/h3-6,9,12,15,18H,7-8H2,1-2H3,(H,14,17)/t9?,12-/m1/s1. The van der Waals surface area contributed by atoms with Gasteiger partial charge in [-0.25, -0.2) is 13.9 Å². The van der Waals surface area contributed by atoms with Crippen LogP contribution in [0.25, 0.3) is 0 Å². The van der Waals surface area contributed by atoms with Crippen LogP contribution in [0.15, 0.2) is 29.2 Å². The molecule has 0 bridgehead atoms. The average molecular weight is 345 g/mol. The maximum atomic E-state index is 12.8. The predicted octanol–water partition coefficient (Wildman–Crippen LogP) is -0.517. The number of benzene rings is 1. The minimum Gasteiger partial charge on any atom is -0.497 e. The lowest BCUT2D eigenvalue weighted by molar-refractivity contribution is -0.132. The van der Waals surface area contributed by atoms with E-state index in [1.807, 2.05) is 0 Å². The van der Waals surface area contributed by atoms with E-state index in [2.05, 4.69) is 5.48 Å². The van der Waals surface area contributed by atoms with Crippen LogP contribution in [0.4, 0.5) is 0 Å². The van der Waals surface area contributed by atoms with Crippen LogP contribution in [0, 0.1) is 0 Å². The van der Waals surface area contributed by atoms with Gasteiger partial charge in [0.25, 0.3) is 5.91 Å². The number of amides is 1. The fourth-order valence-corrected chi connectivity index (χ4v) is 4.16. The van der Waals surface area contributed by atoms with Crippen LogP contribution in [-0.2, 0) is 19.7 Å². The molecule has 1 aliphatic rings. The molecule has 0 radical (unpaired) electrons. The molecule has 1 aromatic carbocycles. The average Bonchev–Trinajstić information content (AvgIpc) is 2.99. The molecule has 10 heteroatoms. The third-order valence-electron chi connectivity index (χ3n) is 3.62. The third-order valence-corrected chi connectivity index (χ3v) is 5.51. The molecule has 0 aliphatic carbocycles. The number of sulfonamides is 1. The van der Waals surface area contributed by atoms with E-state index < -0.39 is 22.0 Å². The monoisotopic (exact) mass is 345 g/mol. The Kier molecular flexibility index (Phi) is 5.55. The van der Waals surface area contributed by atoms with E-state index in [1.165, 1.54) is 44.0 Å². The number of carbonyl (C=O) groups excluding carboxylic acids is 1. The molecule has 1 heterocycles. The fourth-order valence-electron chi connectivity index (χ4n) is 2.52. The van der Waals surface area contributed by atoms with Crippen molar-refractivity contribution in [2.45, 2.75) is 23.4 Å². The van der Waals surface area contributed by atoms with Gasteiger partial charge in [-0.2, -0.15) is 9.79 Å². The van der Waals surface area contributed by atoms with Crippen LogP contribution in [0.2, 0.25) is 0 Å². The smallest absolute Gasteiger partial charge is 0.261 e. The summed E-state index contributed by atoms with van der Waals surface area (Å²) in [5.41, 5.74) is 4.15. The van der Waals surface area contributed by atoms with Gasteiger partial charge in [-0.05, 0) is 30.7 Å². The van der Waals surface area contributed by atoms with Gasteiger partial charge < -0.3 is 9.57 Å². The van der Waals surface area contributed by atoms with Gasteiger partial charge in [0.15, 0.2) is 0 Å². The minimum atomic E-state index is -3.91. The first-order chi connectivity index (χ1) is 10.9. The molecule has 0 saturated carbocycles. The zero-order valence-corrected chi connectivity index (χ0v) is 13.5. The van der Waals surface area contributed by atoms with Crippen molar-refractivity contribution in [3.8, 4) is 5.75 Å². The Morgan fingerprint density at radius 3 is 2.48 bits per heavy atom. The minimum absolute atomic E-state index is 0.0344. The molecule has 0 aromatic heterocycles. The zero-order valence-electron chi connectivity index (χ0n) is 12.7. The van der Waals surface area contributed by atoms with Crippen molar-refractivity contribution in [2.24, 2.45) is 0 Å². The number of rotatable bonds is 6. The molecule has 128 valence electrons. The number of hydrogen-bond donors (Lipinski definition) is 3. The number of ether oxygens (including phenoxy) is 1. The molecular weight excluding hydrogens is 326 g/mol. The maximum absolute atomic E-state index is 12.8. The predicted molar refractivity (Wildman–Crippen MR) is 79.2 cm³/mol. The second-order valence-electron chi connectivity index (χ2n) is 5.00. The summed E-state index contributed by atoms with van der Waals surface area (Å²) in [5.74, 6) is -0.267. The normalized spacial score (nSPS) is 22.0. The molecule has 1 fully saturated rings. The van der Waals surface area contributed by atoms with Gasteiger partial charge in [-0.15, -0.1) is 0 Å². The molecule has 23 heavy (non-hydrogen) atoms. The Balaban J connectivity index is 2.32. The van der Waals surface area contributed by atoms with Crippen LogP contribution in [0.5, 0.6) is 5.75 Å². The number of nitrogens with one attached hydrogen (secondary N) is 2. The topological polar surface area (TPSA) is 117 Å². The highest BCUT2D eigenvalue weighted by atomic mass is 32.2. The molecule has 1 amide bonds. The Bertz CT molecular complexity index is 648. The lowest BCUT2D eigenvalue weighted by Crippen LogP contribution is -2.45. The first kappa shape index (κ1) is 17.6. The van der Waals surface area contributed by atoms with Gasteiger partial charge in [-0.1, -0.05) is 0 Å². The molecule has 1 unspecified atom stereocenters. The maximum Gasteiger partial charge on any atom is 0.261 e. The van der Waals surface area contributed by atoms with E-state index in [0.29, 0.717) is 5.75 Å². The number of methoxy groups -OCH3 is 1. The molecule has 0 spiro atoms. The van der Waals surface area contributed by atoms with Crippen LogP contribution < -0.4 is 15.7 Å². The van der Waals surface area contributed by atoms with E-state index >= 15 is 0 Å². The Labute approximate surface area is 134 Å². The van der Waals surface area contributed by atoms with Gasteiger partial charge in [0, 0.05) is 12.6 Å². The number of nitrogens with zero attached hydrogens (tertiary/aromatic N) is 1. The summed E-state index contributed by atoms with van der Waals surface area (Å²) >= 11 is 0. The third kappa shape index (κ3) is 3.62. The SMILES string of the molecule is CONC1C[C@H](C(=O)NO)N(S(=O)(=O)c2ccc(OC)cc2)C1. The molecule has 1 saturated heterocycles. The van der Waals surface area contributed by atoms with E-state index in [4.69, 9.17) is 14.8 Å². The highest BCUT2D eigenvalue weighted by molar-refractivity contribution is 7.89. The second-order valence-corrected chi connectivity index (χ2v) is 6.89. The van der Waals surface area contributed by atoms with Gasteiger partial charge in [0.05, 0.1) is 19.1 Å². The summed E-state index contributed by atoms with van der Waals surface area (Å²) in [5, 5.41) is 8.84.